The third-order valence-corrected chi connectivity index (χ3v) is 3.24. The van der Waals surface area contributed by atoms with Crippen LogP contribution in [0.1, 0.15) is 27.6 Å². The molecule has 0 saturated heterocycles. The molecule has 24 heavy (non-hydrogen) atoms. The molecule has 0 unspecified atom stereocenters. The van der Waals surface area contributed by atoms with E-state index in [-0.39, 0.29) is 0 Å². The minimum absolute atomic E-state index is 0.301. The van der Waals surface area contributed by atoms with E-state index in [2.05, 4.69) is 5.32 Å². The number of carbonyl (C=O) groups excluding carboxylic acids is 3. The molecule has 0 aliphatic carbocycles. The number of nitrogens with two attached hydrogens (primary N) is 2. The van der Waals surface area contributed by atoms with Gasteiger partial charge in [-0.15, -0.1) is 0 Å². The van der Waals surface area contributed by atoms with Gasteiger partial charge in [-0.1, -0.05) is 0 Å². The third-order valence-electron chi connectivity index (χ3n) is 3.24. The lowest BCUT2D eigenvalue weighted by Gasteiger charge is -2.13. The van der Waals surface area contributed by atoms with E-state index in [0.717, 1.165) is 0 Å². The largest absolute Gasteiger partial charge is 0.449 e. The van der Waals surface area contributed by atoms with E-state index in [1.807, 2.05) is 0 Å². The van der Waals surface area contributed by atoms with Crippen LogP contribution in [0.4, 0.5) is 11.4 Å². The highest BCUT2D eigenvalue weighted by Crippen LogP contribution is 2.12. The number of rotatable bonds is 5. The molecule has 0 heterocycles. The smallest absolute Gasteiger partial charge is 0.338 e. The lowest BCUT2D eigenvalue weighted by Crippen LogP contribution is -2.30. The number of amides is 2. The Kier molecular flexibility index (Phi) is 5.16. The van der Waals surface area contributed by atoms with Crippen LogP contribution in [-0.2, 0) is 9.53 Å². The summed E-state index contributed by atoms with van der Waals surface area (Å²) in [4.78, 5) is 35.0. The summed E-state index contributed by atoms with van der Waals surface area (Å²) in [6.45, 7) is 1.46. The maximum Gasteiger partial charge on any atom is 0.338 e. The van der Waals surface area contributed by atoms with Crippen molar-refractivity contribution in [2.45, 2.75) is 13.0 Å². The number of nitrogen functional groups attached to an aromatic ring is 1. The number of carbonyl (C=O) groups is 3. The van der Waals surface area contributed by atoms with E-state index < -0.39 is 23.9 Å². The zero-order valence-corrected chi connectivity index (χ0v) is 13.0. The topological polar surface area (TPSA) is 125 Å². The summed E-state index contributed by atoms with van der Waals surface area (Å²) in [7, 11) is 0. The molecular weight excluding hydrogens is 310 g/mol. The summed E-state index contributed by atoms with van der Waals surface area (Å²) < 4.78 is 5.11. The molecule has 124 valence electrons. The van der Waals surface area contributed by atoms with Gasteiger partial charge in [-0.25, -0.2) is 4.79 Å². The normalized spacial score (nSPS) is 11.4. The van der Waals surface area contributed by atoms with Crippen molar-refractivity contribution in [2.75, 3.05) is 11.1 Å². The third kappa shape index (κ3) is 4.33. The van der Waals surface area contributed by atoms with Gasteiger partial charge in [0.2, 0.25) is 5.91 Å². The molecular formula is C17H17N3O4. The van der Waals surface area contributed by atoms with Gasteiger partial charge in [-0.05, 0) is 55.5 Å². The lowest BCUT2D eigenvalue weighted by atomic mass is 10.2. The minimum Gasteiger partial charge on any atom is -0.449 e. The van der Waals surface area contributed by atoms with Crippen molar-refractivity contribution < 1.29 is 19.1 Å². The van der Waals surface area contributed by atoms with Gasteiger partial charge in [0.25, 0.3) is 5.91 Å². The highest BCUT2D eigenvalue weighted by Gasteiger charge is 2.19. The Morgan fingerprint density at radius 3 is 2.04 bits per heavy atom. The number of hydrogen-bond donors (Lipinski definition) is 3. The fraction of sp³-hybridized carbons (Fsp3) is 0.118. The summed E-state index contributed by atoms with van der Waals surface area (Å²) >= 11 is 0. The van der Waals surface area contributed by atoms with Crippen molar-refractivity contribution in [2.24, 2.45) is 5.73 Å². The number of nitrogens with one attached hydrogen (secondary N) is 1. The molecule has 0 bridgehead atoms. The highest BCUT2D eigenvalue weighted by atomic mass is 16.5. The Bertz CT molecular complexity index is 754. The molecule has 0 fully saturated rings. The number of ether oxygens (including phenoxy) is 1. The molecule has 0 aromatic heterocycles. The number of anilines is 2. The van der Waals surface area contributed by atoms with Crippen LogP contribution >= 0.6 is 0 Å². The summed E-state index contributed by atoms with van der Waals surface area (Å²) in [5.41, 5.74) is 12.3. The molecule has 7 nitrogen and oxygen atoms in total. The van der Waals surface area contributed by atoms with Crippen LogP contribution in [0.25, 0.3) is 0 Å². The van der Waals surface area contributed by atoms with E-state index in [9.17, 15) is 14.4 Å². The molecule has 5 N–H and O–H groups in total. The average Bonchev–Trinajstić information content (AvgIpc) is 2.55. The molecule has 2 aromatic rings. The molecule has 2 aromatic carbocycles. The van der Waals surface area contributed by atoms with Gasteiger partial charge in [0.1, 0.15) is 0 Å². The second kappa shape index (κ2) is 7.28. The van der Waals surface area contributed by atoms with Crippen molar-refractivity contribution in [3.63, 3.8) is 0 Å². The summed E-state index contributed by atoms with van der Waals surface area (Å²) in [5.74, 6) is -1.67. The molecule has 2 amide bonds. The molecule has 0 aliphatic rings. The standard InChI is InChI=1S/C17H17N3O4/c1-10(24-17(23)12-2-6-13(18)7-3-12)16(22)20-14-8-4-11(5-9-14)15(19)21/h2-10H,18H2,1H3,(H2,19,21)(H,20,22)/t10-/m1/s1. The van der Waals surface area contributed by atoms with Gasteiger partial charge in [0, 0.05) is 16.9 Å². The Hall–Kier alpha value is -3.35. The van der Waals surface area contributed by atoms with Crippen molar-refractivity contribution in [3.05, 3.63) is 59.7 Å². The predicted octanol–water partition coefficient (Wildman–Crippen LogP) is 1.55. The Labute approximate surface area is 138 Å². The monoisotopic (exact) mass is 327 g/mol. The van der Waals surface area contributed by atoms with E-state index in [0.29, 0.717) is 22.5 Å². The Morgan fingerprint density at radius 1 is 0.958 bits per heavy atom. The van der Waals surface area contributed by atoms with Crippen LogP contribution in [0.3, 0.4) is 0 Å². The number of benzene rings is 2. The van der Waals surface area contributed by atoms with Gasteiger partial charge in [-0.3, -0.25) is 9.59 Å². The van der Waals surface area contributed by atoms with E-state index in [4.69, 9.17) is 16.2 Å². The maximum absolute atomic E-state index is 12.1. The lowest BCUT2D eigenvalue weighted by molar-refractivity contribution is -0.123. The molecule has 0 saturated carbocycles. The Morgan fingerprint density at radius 2 is 1.50 bits per heavy atom. The van der Waals surface area contributed by atoms with E-state index in [1.54, 1.807) is 12.1 Å². The van der Waals surface area contributed by atoms with Crippen LogP contribution < -0.4 is 16.8 Å². The number of hydrogen-bond acceptors (Lipinski definition) is 5. The van der Waals surface area contributed by atoms with Gasteiger partial charge in [-0.2, -0.15) is 0 Å². The molecule has 1 atom stereocenters. The summed E-state index contributed by atoms with van der Waals surface area (Å²) in [6, 6.07) is 12.2. The fourth-order valence-electron chi connectivity index (χ4n) is 1.86. The maximum atomic E-state index is 12.1. The second-order valence-corrected chi connectivity index (χ2v) is 5.10. The van der Waals surface area contributed by atoms with Crippen LogP contribution in [0, 0.1) is 0 Å². The van der Waals surface area contributed by atoms with Crippen LogP contribution in [-0.4, -0.2) is 23.9 Å². The summed E-state index contributed by atoms with van der Waals surface area (Å²) in [6.07, 6.45) is -0.995. The molecule has 0 spiro atoms. The zero-order chi connectivity index (χ0) is 17.7. The highest BCUT2D eigenvalue weighted by molar-refractivity contribution is 5.98. The first-order valence-electron chi connectivity index (χ1n) is 7.14. The van der Waals surface area contributed by atoms with Crippen molar-refractivity contribution >= 4 is 29.2 Å². The molecule has 0 radical (unpaired) electrons. The predicted molar refractivity (Wildman–Crippen MR) is 89.3 cm³/mol. The number of primary amides is 1. The zero-order valence-electron chi connectivity index (χ0n) is 13.0. The second-order valence-electron chi connectivity index (χ2n) is 5.10. The van der Waals surface area contributed by atoms with E-state index in [1.165, 1.54) is 43.3 Å². The SMILES string of the molecule is C[C@@H](OC(=O)c1ccc(N)cc1)C(=O)Nc1ccc(C(N)=O)cc1. The molecule has 7 heteroatoms. The first-order valence-corrected chi connectivity index (χ1v) is 7.14. The molecule has 0 aliphatic heterocycles. The van der Waals surface area contributed by atoms with Gasteiger partial charge in [0.15, 0.2) is 6.10 Å². The van der Waals surface area contributed by atoms with E-state index >= 15 is 0 Å². The number of esters is 1. The fourth-order valence-corrected chi connectivity index (χ4v) is 1.86. The van der Waals surface area contributed by atoms with Crippen LogP contribution in [0.15, 0.2) is 48.5 Å². The van der Waals surface area contributed by atoms with Gasteiger partial charge >= 0.3 is 5.97 Å². The Balaban J connectivity index is 1.95. The van der Waals surface area contributed by atoms with Crippen molar-refractivity contribution in [1.29, 1.82) is 0 Å². The van der Waals surface area contributed by atoms with Crippen LogP contribution in [0.5, 0.6) is 0 Å². The first kappa shape index (κ1) is 17.0. The van der Waals surface area contributed by atoms with Crippen molar-refractivity contribution in [1.82, 2.24) is 0 Å². The average molecular weight is 327 g/mol. The summed E-state index contributed by atoms with van der Waals surface area (Å²) in [5, 5.41) is 2.59. The molecule has 2 rings (SSSR count). The minimum atomic E-state index is -0.995. The first-order chi connectivity index (χ1) is 11.4. The van der Waals surface area contributed by atoms with Gasteiger partial charge < -0.3 is 21.5 Å². The van der Waals surface area contributed by atoms with Crippen LogP contribution in [0.2, 0.25) is 0 Å². The van der Waals surface area contributed by atoms with Gasteiger partial charge in [0.05, 0.1) is 5.56 Å². The quantitative estimate of drug-likeness (QED) is 0.567. The van der Waals surface area contributed by atoms with Crippen molar-refractivity contribution in [3.8, 4) is 0 Å².